The number of nitrogens with one attached hydrogen (secondary N) is 2. The molecule has 0 aromatic heterocycles. The summed E-state index contributed by atoms with van der Waals surface area (Å²) in [7, 11) is -3.78. The van der Waals surface area contributed by atoms with Crippen LogP contribution in [0.25, 0.3) is 10.8 Å². The summed E-state index contributed by atoms with van der Waals surface area (Å²) in [5.74, 6) is 0.320. The van der Waals surface area contributed by atoms with Crippen molar-refractivity contribution in [2.24, 2.45) is 5.92 Å². The van der Waals surface area contributed by atoms with E-state index in [1.807, 2.05) is 54.6 Å². The standard InChI is InChI=1S/C28H22Cl2N2O2S/c29-18-11-13-23(25(30)15-18)28-22-9-4-8-21(22)24-16-19(12-14-26(24)31-28)35(33,34)32-27-10-3-6-17-5-1-2-7-20(17)27/h1-8,10-16,21-22,28,31-32H,9H2/t21-,22+,28-/m0/s1. The van der Waals surface area contributed by atoms with Crippen molar-refractivity contribution >= 4 is 55.4 Å². The Balaban J connectivity index is 1.36. The summed E-state index contributed by atoms with van der Waals surface area (Å²) in [4.78, 5) is 0.244. The number of halogens is 2. The van der Waals surface area contributed by atoms with Gasteiger partial charge < -0.3 is 5.32 Å². The van der Waals surface area contributed by atoms with Gasteiger partial charge in [0.1, 0.15) is 0 Å². The molecule has 176 valence electrons. The molecule has 2 aliphatic rings. The Morgan fingerprint density at radius 1 is 0.886 bits per heavy atom. The predicted molar refractivity (Wildman–Crippen MR) is 144 cm³/mol. The van der Waals surface area contributed by atoms with Crippen LogP contribution in [0.1, 0.15) is 29.5 Å². The fourth-order valence-electron chi connectivity index (χ4n) is 5.32. The minimum atomic E-state index is -3.78. The van der Waals surface area contributed by atoms with E-state index in [9.17, 15) is 8.42 Å². The van der Waals surface area contributed by atoms with E-state index in [4.69, 9.17) is 23.2 Å². The molecule has 7 heteroatoms. The minimum absolute atomic E-state index is 0.00327. The van der Waals surface area contributed by atoms with Gasteiger partial charge in [0.15, 0.2) is 0 Å². The highest BCUT2D eigenvalue weighted by Crippen LogP contribution is 2.51. The van der Waals surface area contributed by atoms with Crippen molar-refractivity contribution in [3.8, 4) is 0 Å². The minimum Gasteiger partial charge on any atom is -0.378 e. The van der Waals surface area contributed by atoms with Gasteiger partial charge in [-0.3, -0.25) is 4.72 Å². The normalized spacial score (nSPS) is 20.8. The first-order valence-corrected chi connectivity index (χ1v) is 13.7. The first kappa shape index (κ1) is 22.5. The molecule has 0 amide bonds. The van der Waals surface area contributed by atoms with Crippen LogP contribution in [0.2, 0.25) is 10.0 Å². The Morgan fingerprint density at radius 3 is 2.57 bits per heavy atom. The number of allylic oxidation sites excluding steroid dienone is 2. The van der Waals surface area contributed by atoms with Gasteiger partial charge >= 0.3 is 0 Å². The molecule has 0 unspecified atom stereocenters. The highest BCUT2D eigenvalue weighted by Gasteiger charge is 2.39. The summed E-state index contributed by atoms with van der Waals surface area (Å²) in [6, 6.07) is 24.2. The van der Waals surface area contributed by atoms with Crippen LogP contribution in [-0.2, 0) is 10.0 Å². The van der Waals surface area contributed by atoms with Gasteiger partial charge in [-0.25, -0.2) is 8.42 Å². The smallest absolute Gasteiger partial charge is 0.261 e. The highest BCUT2D eigenvalue weighted by molar-refractivity contribution is 7.92. The van der Waals surface area contributed by atoms with Gasteiger partial charge in [-0.05, 0) is 65.3 Å². The number of hydrogen-bond donors (Lipinski definition) is 2. The molecule has 2 N–H and O–H groups in total. The molecule has 0 fully saturated rings. The van der Waals surface area contributed by atoms with Gasteiger partial charge in [0.25, 0.3) is 10.0 Å². The molecular weight excluding hydrogens is 499 g/mol. The van der Waals surface area contributed by atoms with E-state index in [0.717, 1.165) is 34.0 Å². The lowest BCUT2D eigenvalue weighted by Gasteiger charge is -2.38. The van der Waals surface area contributed by atoms with Crippen LogP contribution in [0.3, 0.4) is 0 Å². The van der Waals surface area contributed by atoms with E-state index in [2.05, 4.69) is 22.2 Å². The van der Waals surface area contributed by atoms with Crippen molar-refractivity contribution in [3.63, 3.8) is 0 Å². The summed E-state index contributed by atoms with van der Waals surface area (Å²) in [6.45, 7) is 0. The van der Waals surface area contributed by atoms with Crippen LogP contribution in [0.15, 0.2) is 95.9 Å². The third kappa shape index (κ3) is 3.98. The average molecular weight is 521 g/mol. The second kappa shape index (κ2) is 8.59. The number of hydrogen-bond acceptors (Lipinski definition) is 3. The Labute approximate surface area is 214 Å². The molecule has 1 aliphatic heterocycles. The molecule has 0 bridgehead atoms. The lowest BCUT2D eigenvalue weighted by molar-refractivity contribution is 0.425. The van der Waals surface area contributed by atoms with Gasteiger partial charge in [0, 0.05) is 27.0 Å². The molecule has 4 nitrogen and oxygen atoms in total. The van der Waals surface area contributed by atoms with Crippen molar-refractivity contribution < 1.29 is 8.42 Å². The lowest BCUT2D eigenvalue weighted by Crippen LogP contribution is -2.29. The fourth-order valence-corrected chi connectivity index (χ4v) is 6.96. The van der Waals surface area contributed by atoms with E-state index < -0.39 is 10.0 Å². The molecule has 0 spiro atoms. The first-order valence-electron chi connectivity index (χ1n) is 11.4. The monoisotopic (exact) mass is 520 g/mol. The maximum Gasteiger partial charge on any atom is 0.261 e. The van der Waals surface area contributed by atoms with Crippen LogP contribution in [0.4, 0.5) is 11.4 Å². The summed E-state index contributed by atoms with van der Waals surface area (Å²) in [5.41, 5.74) is 3.45. The zero-order valence-electron chi connectivity index (χ0n) is 18.6. The van der Waals surface area contributed by atoms with Crippen molar-refractivity contribution in [3.05, 3.63) is 112 Å². The van der Waals surface area contributed by atoms with E-state index >= 15 is 0 Å². The van der Waals surface area contributed by atoms with E-state index in [1.165, 1.54) is 0 Å². The molecule has 6 rings (SSSR count). The van der Waals surface area contributed by atoms with Gasteiger partial charge in [0.2, 0.25) is 0 Å². The summed E-state index contributed by atoms with van der Waals surface area (Å²) < 4.78 is 29.6. The van der Waals surface area contributed by atoms with Crippen molar-refractivity contribution in [1.82, 2.24) is 0 Å². The molecule has 4 aromatic rings. The van der Waals surface area contributed by atoms with Gasteiger partial charge in [0.05, 0.1) is 16.6 Å². The molecule has 1 heterocycles. The zero-order chi connectivity index (χ0) is 24.2. The SMILES string of the molecule is O=S(=O)(Nc1cccc2ccccc12)c1ccc2c(c1)[C@H]1C=CC[C@H]1[C@@H](c1ccc(Cl)cc1Cl)N2. The van der Waals surface area contributed by atoms with E-state index in [0.29, 0.717) is 15.7 Å². The Morgan fingerprint density at radius 2 is 1.71 bits per heavy atom. The molecule has 35 heavy (non-hydrogen) atoms. The Hall–Kier alpha value is -2.99. The Kier molecular flexibility index (Phi) is 5.52. The number of fused-ring (bicyclic) bond motifs is 4. The number of benzene rings is 4. The van der Waals surface area contributed by atoms with Gasteiger partial charge in [-0.15, -0.1) is 0 Å². The third-order valence-corrected chi connectivity index (χ3v) is 8.90. The van der Waals surface area contributed by atoms with E-state index in [1.54, 1.807) is 24.3 Å². The summed E-state index contributed by atoms with van der Waals surface area (Å²) >= 11 is 12.7. The quantitative estimate of drug-likeness (QED) is 0.270. The Bertz CT molecular complexity index is 1590. The second-order valence-corrected chi connectivity index (χ2v) is 11.5. The lowest BCUT2D eigenvalue weighted by atomic mass is 9.77. The molecule has 3 atom stereocenters. The van der Waals surface area contributed by atoms with Crippen molar-refractivity contribution in [1.29, 1.82) is 0 Å². The maximum absolute atomic E-state index is 13.4. The predicted octanol–water partition coefficient (Wildman–Crippen LogP) is 7.77. The number of sulfonamides is 1. The third-order valence-electron chi connectivity index (χ3n) is 6.98. The number of rotatable bonds is 4. The molecule has 0 saturated heterocycles. The van der Waals surface area contributed by atoms with Gasteiger partial charge in [-0.2, -0.15) is 0 Å². The number of anilines is 2. The second-order valence-electron chi connectivity index (χ2n) is 9.02. The first-order chi connectivity index (χ1) is 16.9. The molecule has 4 aromatic carbocycles. The van der Waals surface area contributed by atoms with Crippen LogP contribution in [0.5, 0.6) is 0 Å². The van der Waals surface area contributed by atoms with Crippen LogP contribution in [0, 0.1) is 5.92 Å². The van der Waals surface area contributed by atoms with Gasteiger partial charge in [-0.1, -0.05) is 77.8 Å². The maximum atomic E-state index is 13.4. The average Bonchev–Trinajstić information content (AvgIpc) is 3.34. The molecule has 0 radical (unpaired) electrons. The molecular formula is C28H22Cl2N2O2S. The van der Waals surface area contributed by atoms with Crippen LogP contribution < -0.4 is 10.0 Å². The van der Waals surface area contributed by atoms with E-state index in [-0.39, 0.29) is 22.8 Å². The van der Waals surface area contributed by atoms with Crippen LogP contribution >= 0.6 is 23.2 Å². The van der Waals surface area contributed by atoms with Crippen molar-refractivity contribution in [2.75, 3.05) is 10.0 Å². The molecule has 0 saturated carbocycles. The largest absolute Gasteiger partial charge is 0.378 e. The molecule has 1 aliphatic carbocycles. The fraction of sp³-hybridized carbons (Fsp3) is 0.143. The topological polar surface area (TPSA) is 58.2 Å². The van der Waals surface area contributed by atoms with Crippen molar-refractivity contribution in [2.45, 2.75) is 23.3 Å². The zero-order valence-corrected chi connectivity index (χ0v) is 20.9. The summed E-state index contributed by atoms with van der Waals surface area (Å²) in [6.07, 6.45) is 5.22. The summed E-state index contributed by atoms with van der Waals surface area (Å²) in [5, 5.41) is 6.68. The van der Waals surface area contributed by atoms with Crippen LogP contribution in [-0.4, -0.2) is 8.42 Å². The highest BCUT2D eigenvalue weighted by atomic mass is 35.5.